The molecular weight excluding hydrogens is 248 g/mol. The SMILES string of the molecule is Cn1nc(Br)cc1C(C)(C)CC(=O)O. The van der Waals surface area contributed by atoms with Crippen LogP contribution in [-0.2, 0) is 17.3 Å². The Kier molecular flexibility index (Phi) is 2.99. The lowest BCUT2D eigenvalue weighted by atomic mass is 9.85. The standard InChI is InChI=1S/C9H13BrN2O2/c1-9(2,5-8(13)14)6-4-7(10)11-12(6)3/h4H,5H2,1-3H3,(H,13,14). The lowest BCUT2D eigenvalue weighted by Crippen LogP contribution is -2.24. The third-order valence-corrected chi connectivity index (χ3v) is 2.52. The van der Waals surface area contributed by atoms with Gasteiger partial charge in [0.25, 0.3) is 0 Å². The average molecular weight is 261 g/mol. The quantitative estimate of drug-likeness (QED) is 0.904. The second-order valence-electron chi connectivity index (χ2n) is 3.93. The Morgan fingerprint density at radius 1 is 1.71 bits per heavy atom. The lowest BCUT2D eigenvalue weighted by Gasteiger charge is -2.22. The van der Waals surface area contributed by atoms with Crippen LogP contribution in [0.15, 0.2) is 10.7 Å². The Labute approximate surface area is 91.1 Å². The molecule has 0 aromatic carbocycles. The minimum absolute atomic E-state index is 0.0962. The molecule has 0 bridgehead atoms. The summed E-state index contributed by atoms with van der Waals surface area (Å²) in [4.78, 5) is 10.7. The largest absolute Gasteiger partial charge is 0.481 e. The molecule has 0 saturated carbocycles. The van der Waals surface area contributed by atoms with Crippen molar-refractivity contribution in [2.75, 3.05) is 0 Å². The van der Waals surface area contributed by atoms with Crippen LogP contribution in [0.25, 0.3) is 0 Å². The van der Waals surface area contributed by atoms with E-state index in [-0.39, 0.29) is 6.42 Å². The van der Waals surface area contributed by atoms with Crippen molar-refractivity contribution >= 4 is 21.9 Å². The summed E-state index contributed by atoms with van der Waals surface area (Å²) in [5.74, 6) is -0.799. The molecule has 1 aromatic rings. The van der Waals surface area contributed by atoms with Crippen molar-refractivity contribution in [3.63, 3.8) is 0 Å². The second-order valence-corrected chi connectivity index (χ2v) is 4.74. The fourth-order valence-electron chi connectivity index (χ4n) is 1.53. The van der Waals surface area contributed by atoms with Gasteiger partial charge in [-0.2, -0.15) is 5.10 Å². The number of halogens is 1. The molecule has 0 aliphatic carbocycles. The molecule has 1 N–H and O–H groups in total. The number of carboxylic acids is 1. The Bertz CT molecular complexity index is 358. The zero-order valence-electron chi connectivity index (χ0n) is 8.41. The van der Waals surface area contributed by atoms with Crippen LogP contribution in [0.2, 0.25) is 0 Å². The van der Waals surface area contributed by atoms with E-state index in [0.717, 1.165) is 10.3 Å². The van der Waals surface area contributed by atoms with Crippen LogP contribution < -0.4 is 0 Å². The zero-order chi connectivity index (χ0) is 10.9. The van der Waals surface area contributed by atoms with Crippen molar-refractivity contribution in [3.05, 3.63) is 16.4 Å². The van der Waals surface area contributed by atoms with E-state index < -0.39 is 11.4 Å². The van der Waals surface area contributed by atoms with Gasteiger partial charge in [-0.3, -0.25) is 9.48 Å². The van der Waals surface area contributed by atoms with Gasteiger partial charge in [0.15, 0.2) is 0 Å². The van der Waals surface area contributed by atoms with Gasteiger partial charge in [0.1, 0.15) is 4.60 Å². The van der Waals surface area contributed by atoms with Crippen molar-refractivity contribution in [2.45, 2.75) is 25.7 Å². The molecule has 0 atom stereocenters. The van der Waals surface area contributed by atoms with Gasteiger partial charge in [-0.25, -0.2) is 0 Å². The van der Waals surface area contributed by atoms with E-state index >= 15 is 0 Å². The normalized spacial score (nSPS) is 11.7. The number of aromatic nitrogens is 2. The molecule has 1 aromatic heterocycles. The van der Waals surface area contributed by atoms with Crippen LogP contribution in [0, 0.1) is 0 Å². The zero-order valence-corrected chi connectivity index (χ0v) is 10.00. The van der Waals surface area contributed by atoms with Gasteiger partial charge in [-0.05, 0) is 22.0 Å². The first-order valence-electron chi connectivity index (χ1n) is 4.25. The van der Waals surface area contributed by atoms with Crippen molar-refractivity contribution in [1.82, 2.24) is 9.78 Å². The summed E-state index contributed by atoms with van der Waals surface area (Å²) in [6.45, 7) is 3.79. The Hall–Kier alpha value is -0.840. The summed E-state index contributed by atoms with van der Waals surface area (Å²) in [5.41, 5.74) is 0.506. The molecule has 0 unspecified atom stereocenters. The van der Waals surface area contributed by atoms with Crippen LogP contribution in [0.3, 0.4) is 0 Å². The first-order valence-corrected chi connectivity index (χ1v) is 5.04. The summed E-state index contributed by atoms with van der Waals surface area (Å²) < 4.78 is 2.43. The van der Waals surface area contributed by atoms with E-state index in [4.69, 9.17) is 5.11 Å². The van der Waals surface area contributed by atoms with Gasteiger partial charge >= 0.3 is 5.97 Å². The summed E-state index contributed by atoms with van der Waals surface area (Å²) >= 11 is 3.26. The summed E-state index contributed by atoms with van der Waals surface area (Å²) in [6.07, 6.45) is 0.0962. The first kappa shape index (κ1) is 11.2. The van der Waals surface area contributed by atoms with E-state index in [2.05, 4.69) is 21.0 Å². The molecule has 5 heteroatoms. The van der Waals surface area contributed by atoms with Crippen LogP contribution in [0.5, 0.6) is 0 Å². The monoisotopic (exact) mass is 260 g/mol. The molecule has 1 heterocycles. The topological polar surface area (TPSA) is 55.1 Å². The van der Waals surface area contributed by atoms with E-state index in [1.54, 1.807) is 4.68 Å². The summed E-state index contributed by atoms with van der Waals surface area (Å²) in [5, 5.41) is 12.9. The highest BCUT2D eigenvalue weighted by atomic mass is 79.9. The first-order chi connectivity index (χ1) is 6.33. The molecule has 0 radical (unpaired) electrons. The lowest BCUT2D eigenvalue weighted by molar-refractivity contribution is -0.138. The van der Waals surface area contributed by atoms with Gasteiger partial charge < -0.3 is 5.11 Å². The maximum Gasteiger partial charge on any atom is 0.304 e. The number of carboxylic acid groups (broad SMARTS) is 1. The van der Waals surface area contributed by atoms with Crippen LogP contribution in [0.1, 0.15) is 26.0 Å². The predicted octanol–water partition coefficient (Wildman–Crippen LogP) is 1.93. The van der Waals surface area contributed by atoms with Gasteiger partial charge in [-0.1, -0.05) is 13.8 Å². The highest BCUT2D eigenvalue weighted by Gasteiger charge is 2.27. The molecule has 78 valence electrons. The number of carbonyl (C=O) groups is 1. The maximum atomic E-state index is 10.7. The van der Waals surface area contributed by atoms with Crippen LogP contribution in [-0.4, -0.2) is 20.9 Å². The number of aryl methyl sites for hydroxylation is 1. The highest BCUT2D eigenvalue weighted by molar-refractivity contribution is 9.10. The van der Waals surface area contributed by atoms with Crippen molar-refractivity contribution in [2.24, 2.45) is 7.05 Å². The third kappa shape index (κ3) is 2.35. The minimum atomic E-state index is -0.799. The molecule has 0 aliphatic heterocycles. The molecule has 0 amide bonds. The molecule has 0 spiro atoms. The predicted molar refractivity (Wildman–Crippen MR) is 56.2 cm³/mol. The Balaban J connectivity index is 3.02. The highest BCUT2D eigenvalue weighted by Crippen LogP contribution is 2.28. The van der Waals surface area contributed by atoms with E-state index in [0.29, 0.717) is 0 Å². The van der Waals surface area contributed by atoms with Gasteiger partial charge in [0.2, 0.25) is 0 Å². The fraction of sp³-hybridized carbons (Fsp3) is 0.556. The van der Waals surface area contributed by atoms with E-state index in [9.17, 15) is 4.79 Å². The molecule has 14 heavy (non-hydrogen) atoms. The van der Waals surface area contributed by atoms with E-state index in [1.165, 1.54) is 0 Å². The minimum Gasteiger partial charge on any atom is -0.481 e. The molecule has 0 fully saturated rings. The summed E-state index contributed by atoms with van der Waals surface area (Å²) in [7, 11) is 1.81. The van der Waals surface area contributed by atoms with Gasteiger partial charge in [0, 0.05) is 18.2 Å². The number of rotatable bonds is 3. The molecular formula is C9H13BrN2O2. The molecule has 0 aliphatic rings. The van der Waals surface area contributed by atoms with Crippen molar-refractivity contribution < 1.29 is 9.90 Å². The average Bonchev–Trinajstić information content (AvgIpc) is 2.27. The second kappa shape index (κ2) is 3.73. The number of aliphatic carboxylic acids is 1. The Morgan fingerprint density at radius 2 is 2.29 bits per heavy atom. The van der Waals surface area contributed by atoms with Gasteiger partial charge in [-0.15, -0.1) is 0 Å². The maximum absolute atomic E-state index is 10.7. The molecule has 0 saturated heterocycles. The van der Waals surface area contributed by atoms with Crippen LogP contribution in [0.4, 0.5) is 0 Å². The third-order valence-electron chi connectivity index (χ3n) is 2.14. The summed E-state index contributed by atoms with van der Waals surface area (Å²) in [6, 6.07) is 1.85. The fourth-order valence-corrected chi connectivity index (χ4v) is 1.99. The number of nitrogens with zero attached hydrogens (tertiary/aromatic N) is 2. The molecule has 4 nitrogen and oxygen atoms in total. The molecule has 1 rings (SSSR count). The smallest absolute Gasteiger partial charge is 0.304 e. The Morgan fingerprint density at radius 3 is 2.64 bits per heavy atom. The van der Waals surface area contributed by atoms with Crippen LogP contribution >= 0.6 is 15.9 Å². The number of hydrogen-bond donors (Lipinski definition) is 1. The van der Waals surface area contributed by atoms with Crippen molar-refractivity contribution in [3.8, 4) is 0 Å². The van der Waals surface area contributed by atoms with Crippen molar-refractivity contribution in [1.29, 1.82) is 0 Å². The number of hydrogen-bond acceptors (Lipinski definition) is 2. The van der Waals surface area contributed by atoms with E-state index in [1.807, 2.05) is 27.0 Å². The van der Waals surface area contributed by atoms with Gasteiger partial charge in [0.05, 0.1) is 6.42 Å².